The Hall–Kier alpha value is -1.03. The largest absolute Gasteiger partial charge is 0.480 e. The van der Waals surface area contributed by atoms with E-state index in [1.165, 1.54) is 16.4 Å². The van der Waals surface area contributed by atoms with E-state index in [1.807, 2.05) is 0 Å². The number of nitrogens with zero attached hydrogens (tertiary/aromatic N) is 2. The highest BCUT2D eigenvalue weighted by molar-refractivity contribution is 9.10. The molecule has 1 fully saturated rings. The predicted molar refractivity (Wildman–Crippen MR) is 82.5 cm³/mol. The lowest BCUT2D eigenvalue weighted by Crippen LogP contribution is -2.50. The molecule has 122 valence electrons. The van der Waals surface area contributed by atoms with Crippen LogP contribution < -0.4 is 0 Å². The van der Waals surface area contributed by atoms with Gasteiger partial charge in [0.1, 0.15) is 11.9 Å². The van der Waals surface area contributed by atoms with Crippen molar-refractivity contribution in [2.45, 2.75) is 6.04 Å². The first-order valence-corrected chi connectivity index (χ1v) is 9.21. The molecule has 9 heteroatoms. The fourth-order valence-electron chi connectivity index (χ4n) is 2.50. The molecule has 0 bridgehead atoms. The van der Waals surface area contributed by atoms with Crippen LogP contribution >= 0.6 is 15.9 Å². The van der Waals surface area contributed by atoms with Crippen LogP contribution in [0.4, 0.5) is 4.39 Å². The molecular formula is C13H16BrFN2O4S. The number of sulfonamides is 1. The summed E-state index contributed by atoms with van der Waals surface area (Å²) < 4.78 is 38.8. The van der Waals surface area contributed by atoms with Crippen LogP contribution in [0.5, 0.6) is 0 Å². The highest BCUT2D eigenvalue weighted by Crippen LogP contribution is 2.27. The van der Waals surface area contributed by atoms with Crippen molar-refractivity contribution in [1.82, 2.24) is 9.21 Å². The zero-order chi connectivity index (χ0) is 16.5. The number of benzene rings is 1. The number of carbonyl (C=O) groups is 1. The van der Waals surface area contributed by atoms with Crippen LogP contribution in [-0.4, -0.2) is 61.1 Å². The maximum absolute atomic E-state index is 14.1. The molecule has 22 heavy (non-hydrogen) atoms. The highest BCUT2D eigenvalue weighted by atomic mass is 79.9. The number of hydrogen-bond acceptors (Lipinski definition) is 4. The minimum absolute atomic E-state index is 0.0727. The Morgan fingerprint density at radius 3 is 2.36 bits per heavy atom. The summed E-state index contributed by atoms with van der Waals surface area (Å²) in [6, 6.07) is 3.11. The molecule has 2 rings (SSSR count). The minimum atomic E-state index is -3.29. The van der Waals surface area contributed by atoms with Crippen molar-refractivity contribution >= 4 is 31.9 Å². The Morgan fingerprint density at radius 2 is 1.91 bits per heavy atom. The lowest BCUT2D eigenvalue weighted by Gasteiger charge is -2.36. The topological polar surface area (TPSA) is 77.9 Å². The number of piperazine rings is 1. The average Bonchev–Trinajstić information content (AvgIpc) is 2.41. The van der Waals surface area contributed by atoms with Gasteiger partial charge in [-0.2, -0.15) is 4.31 Å². The van der Waals surface area contributed by atoms with E-state index in [4.69, 9.17) is 0 Å². The molecule has 0 aliphatic carbocycles. The molecule has 0 spiro atoms. The quantitative estimate of drug-likeness (QED) is 0.832. The lowest BCUT2D eigenvalue weighted by molar-refractivity contribution is -0.144. The number of carboxylic acids is 1. The molecule has 1 aliphatic rings. The van der Waals surface area contributed by atoms with Gasteiger partial charge in [-0.25, -0.2) is 12.8 Å². The summed E-state index contributed by atoms with van der Waals surface area (Å²) in [5.74, 6) is -1.76. The number of aliphatic carboxylic acids is 1. The smallest absolute Gasteiger partial charge is 0.325 e. The van der Waals surface area contributed by atoms with Crippen LogP contribution in [0.1, 0.15) is 11.6 Å². The Labute approximate surface area is 136 Å². The number of rotatable bonds is 4. The maximum Gasteiger partial charge on any atom is 0.325 e. The van der Waals surface area contributed by atoms with Gasteiger partial charge in [0.2, 0.25) is 10.0 Å². The summed E-state index contributed by atoms with van der Waals surface area (Å²) in [6.45, 7) is 0.862. The van der Waals surface area contributed by atoms with Crippen molar-refractivity contribution in [2.75, 3.05) is 32.4 Å². The van der Waals surface area contributed by atoms with Gasteiger partial charge < -0.3 is 5.11 Å². The first kappa shape index (κ1) is 17.3. The molecule has 1 unspecified atom stereocenters. The Balaban J connectivity index is 2.22. The summed E-state index contributed by atoms with van der Waals surface area (Å²) in [5, 5.41) is 9.45. The second-order valence-corrected chi connectivity index (χ2v) is 8.00. The van der Waals surface area contributed by atoms with Gasteiger partial charge in [-0.05, 0) is 12.1 Å². The van der Waals surface area contributed by atoms with Crippen LogP contribution in [-0.2, 0) is 14.8 Å². The van der Waals surface area contributed by atoms with Gasteiger partial charge in [-0.15, -0.1) is 0 Å². The second-order valence-electron chi connectivity index (χ2n) is 5.10. The molecule has 1 saturated heterocycles. The number of carboxylic acid groups (broad SMARTS) is 1. The van der Waals surface area contributed by atoms with Crippen molar-refractivity contribution in [3.8, 4) is 0 Å². The fourth-order valence-corrected chi connectivity index (χ4v) is 3.66. The Bertz CT molecular complexity index is 675. The van der Waals surface area contributed by atoms with E-state index in [1.54, 1.807) is 11.0 Å². The van der Waals surface area contributed by atoms with Crippen LogP contribution in [0.2, 0.25) is 0 Å². The summed E-state index contributed by atoms with van der Waals surface area (Å²) in [5.41, 5.74) is 0.0727. The molecule has 0 saturated carbocycles. The first-order valence-electron chi connectivity index (χ1n) is 6.57. The van der Waals surface area contributed by atoms with Crippen LogP contribution in [0.15, 0.2) is 22.7 Å². The zero-order valence-electron chi connectivity index (χ0n) is 11.9. The normalized spacial score (nSPS) is 19.0. The summed E-state index contributed by atoms with van der Waals surface area (Å²) in [7, 11) is -3.29. The van der Waals surface area contributed by atoms with Gasteiger partial charge in [-0.1, -0.05) is 22.0 Å². The van der Waals surface area contributed by atoms with Crippen LogP contribution in [0, 0.1) is 5.82 Å². The molecule has 6 nitrogen and oxygen atoms in total. The summed E-state index contributed by atoms with van der Waals surface area (Å²) in [6.07, 6.45) is 1.12. The molecule has 1 aromatic carbocycles. The van der Waals surface area contributed by atoms with Gasteiger partial charge in [0.25, 0.3) is 0 Å². The van der Waals surface area contributed by atoms with E-state index in [0.717, 1.165) is 6.26 Å². The van der Waals surface area contributed by atoms with Crippen molar-refractivity contribution in [1.29, 1.82) is 0 Å². The van der Waals surface area contributed by atoms with E-state index < -0.39 is 27.9 Å². The maximum atomic E-state index is 14.1. The number of halogens is 2. The van der Waals surface area contributed by atoms with Crippen molar-refractivity contribution in [2.24, 2.45) is 0 Å². The molecule has 1 heterocycles. The SMILES string of the molecule is CS(=O)(=O)N1CCN(C(C(=O)O)c2ccc(Br)cc2F)CC1. The lowest BCUT2D eigenvalue weighted by atomic mass is 10.0. The van der Waals surface area contributed by atoms with Gasteiger partial charge in [0, 0.05) is 36.2 Å². The third-order valence-electron chi connectivity index (χ3n) is 3.60. The van der Waals surface area contributed by atoms with Crippen LogP contribution in [0.3, 0.4) is 0 Å². The third-order valence-corrected chi connectivity index (χ3v) is 5.39. The van der Waals surface area contributed by atoms with E-state index in [2.05, 4.69) is 15.9 Å². The summed E-state index contributed by atoms with van der Waals surface area (Å²) >= 11 is 3.13. The molecule has 1 atom stereocenters. The minimum Gasteiger partial charge on any atom is -0.480 e. The average molecular weight is 395 g/mol. The van der Waals surface area contributed by atoms with Crippen LogP contribution in [0.25, 0.3) is 0 Å². The highest BCUT2D eigenvalue weighted by Gasteiger charge is 2.33. The van der Waals surface area contributed by atoms with Crippen molar-refractivity contribution < 1.29 is 22.7 Å². The Morgan fingerprint density at radius 1 is 1.32 bits per heavy atom. The molecule has 0 aromatic heterocycles. The van der Waals surface area contributed by atoms with Crippen molar-refractivity contribution in [3.63, 3.8) is 0 Å². The molecule has 0 radical (unpaired) electrons. The summed E-state index contributed by atoms with van der Waals surface area (Å²) in [4.78, 5) is 13.1. The molecule has 1 aromatic rings. The van der Waals surface area contributed by atoms with E-state index in [0.29, 0.717) is 4.47 Å². The van der Waals surface area contributed by atoms with E-state index >= 15 is 0 Å². The first-order chi connectivity index (χ1) is 10.2. The molecule has 0 amide bonds. The van der Waals surface area contributed by atoms with E-state index in [9.17, 15) is 22.7 Å². The van der Waals surface area contributed by atoms with Gasteiger partial charge in [0.15, 0.2) is 0 Å². The zero-order valence-corrected chi connectivity index (χ0v) is 14.3. The monoisotopic (exact) mass is 394 g/mol. The molecular weight excluding hydrogens is 379 g/mol. The fraction of sp³-hybridized carbons (Fsp3) is 0.462. The van der Waals surface area contributed by atoms with E-state index in [-0.39, 0.29) is 31.7 Å². The molecule has 1 N–H and O–H groups in total. The van der Waals surface area contributed by atoms with Crippen molar-refractivity contribution in [3.05, 3.63) is 34.1 Å². The van der Waals surface area contributed by atoms with Gasteiger partial charge in [0.05, 0.1) is 6.26 Å². The third kappa shape index (κ3) is 3.83. The predicted octanol–water partition coefficient (Wildman–Crippen LogP) is 1.29. The Kier molecular flexibility index (Phi) is 5.21. The standard InChI is InChI=1S/C13H16BrFN2O4S/c1-22(20,21)17-6-4-16(5-7-17)12(13(18)19)10-3-2-9(14)8-11(10)15/h2-3,8,12H,4-7H2,1H3,(H,18,19). The van der Waals surface area contributed by atoms with Gasteiger partial charge >= 0.3 is 5.97 Å². The number of hydrogen-bond donors (Lipinski definition) is 1. The van der Waals surface area contributed by atoms with Gasteiger partial charge in [-0.3, -0.25) is 9.69 Å². The second kappa shape index (κ2) is 6.61. The molecule has 1 aliphatic heterocycles.